The molecule has 1 aromatic carbocycles. The number of urea groups is 1. The predicted molar refractivity (Wildman–Crippen MR) is 90.5 cm³/mol. The molecule has 0 aliphatic rings. The van der Waals surface area contributed by atoms with Gasteiger partial charge in [-0.25, -0.2) is 9.59 Å². The van der Waals surface area contributed by atoms with E-state index in [9.17, 15) is 14.4 Å². The molecule has 3 amide bonds. The fourth-order valence-corrected chi connectivity index (χ4v) is 1.88. The number of benzene rings is 1. The van der Waals surface area contributed by atoms with Crippen molar-refractivity contribution in [3.63, 3.8) is 0 Å². The molecule has 0 radical (unpaired) electrons. The van der Waals surface area contributed by atoms with E-state index in [0.717, 1.165) is 10.0 Å². The number of ether oxygens (including phenoxy) is 1. The summed E-state index contributed by atoms with van der Waals surface area (Å²) in [6.45, 7) is 3.80. The van der Waals surface area contributed by atoms with Gasteiger partial charge >= 0.3 is 12.0 Å². The molecule has 0 aromatic heterocycles. The first-order valence-electron chi connectivity index (χ1n) is 7.05. The Labute approximate surface area is 143 Å². The van der Waals surface area contributed by atoms with Gasteiger partial charge < -0.3 is 10.1 Å². The highest BCUT2D eigenvalue weighted by molar-refractivity contribution is 9.10. The zero-order valence-electron chi connectivity index (χ0n) is 13.0. The lowest BCUT2D eigenvalue weighted by Crippen LogP contribution is -2.42. The maximum absolute atomic E-state index is 11.5. The molecule has 2 N–H and O–H groups in total. The number of esters is 1. The van der Waals surface area contributed by atoms with Crippen LogP contribution in [0.1, 0.15) is 19.4 Å². The lowest BCUT2D eigenvalue weighted by atomic mass is 10.2. The molecule has 124 valence electrons. The molecular weight excluding hydrogens is 364 g/mol. The van der Waals surface area contributed by atoms with Gasteiger partial charge in [0.1, 0.15) is 0 Å². The molecule has 0 fully saturated rings. The van der Waals surface area contributed by atoms with Crippen molar-refractivity contribution in [3.8, 4) is 0 Å². The van der Waals surface area contributed by atoms with E-state index < -0.39 is 24.5 Å². The van der Waals surface area contributed by atoms with Gasteiger partial charge in [-0.05, 0) is 29.7 Å². The van der Waals surface area contributed by atoms with Gasteiger partial charge in [0.05, 0.1) is 0 Å². The van der Waals surface area contributed by atoms with E-state index in [1.54, 1.807) is 6.08 Å². The van der Waals surface area contributed by atoms with Crippen molar-refractivity contribution in [2.75, 3.05) is 13.2 Å². The minimum Gasteiger partial charge on any atom is -0.452 e. The highest BCUT2D eigenvalue weighted by atomic mass is 79.9. The van der Waals surface area contributed by atoms with Gasteiger partial charge in [0.2, 0.25) is 0 Å². The predicted octanol–water partition coefficient (Wildman–Crippen LogP) is 2.49. The van der Waals surface area contributed by atoms with E-state index in [4.69, 9.17) is 4.74 Å². The van der Waals surface area contributed by atoms with Crippen LogP contribution in [0.2, 0.25) is 0 Å². The van der Waals surface area contributed by atoms with Gasteiger partial charge in [0, 0.05) is 17.1 Å². The van der Waals surface area contributed by atoms with Crippen molar-refractivity contribution in [1.82, 2.24) is 10.6 Å². The molecule has 0 unspecified atom stereocenters. The summed E-state index contributed by atoms with van der Waals surface area (Å²) in [5.74, 6) is -1.07. The highest BCUT2D eigenvalue weighted by Gasteiger charge is 2.09. The molecular formula is C16H19BrN2O4. The third-order valence-electron chi connectivity index (χ3n) is 2.53. The van der Waals surface area contributed by atoms with Gasteiger partial charge in [-0.15, -0.1) is 0 Å². The quantitative estimate of drug-likeness (QED) is 0.584. The molecule has 23 heavy (non-hydrogen) atoms. The first-order chi connectivity index (χ1) is 10.9. The smallest absolute Gasteiger partial charge is 0.331 e. The summed E-state index contributed by atoms with van der Waals surface area (Å²) < 4.78 is 5.64. The third kappa shape index (κ3) is 8.77. The number of carbonyl (C=O) groups is 3. The summed E-state index contributed by atoms with van der Waals surface area (Å²) >= 11 is 3.32. The Bertz CT molecular complexity index is 599. The Morgan fingerprint density at radius 3 is 2.70 bits per heavy atom. The molecule has 0 heterocycles. The van der Waals surface area contributed by atoms with Crippen molar-refractivity contribution in [2.45, 2.75) is 13.8 Å². The molecule has 0 saturated carbocycles. The number of hydrogen-bond donors (Lipinski definition) is 2. The Morgan fingerprint density at radius 2 is 2.04 bits per heavy atom. The molecule has 6 nitrogen and oxygen atoms in total. The highest BCUT2D eigenvalue weighted by Crippen LogP contribution is 2.12. The average molecular weight is 383 g/mol. The summed E-state index contributed by atoms with van der Waals surface area (Å²) in [7, 11) is 0. The minimum absolute atomic E-state index is 0.275. The SMILES string of the molecule is CC(C)CNC(=O)NC(=O)COC(=O)/C=C/c1cccc(Br)c1. The number of hydrogen-bond acceptors (Lipinski definition) is 4. The van der Waals surface area contributed by atoms with E-state index >= 15 is 0 Å². The number of carbonyl (C=O) groups excluding carboxylic acids is 3. The van der Waals surface area contributed by atoms with E-state index in [0.29, 0.717) is 6.54 Å². The van der Waals surface area contributed by atoms with Crippen LogP contribution in [0.25, 0.3) is 6.08 Å². The van der Waals surface area contributed by atoms with Crippen molar-refractivity contribution in [1.29, 1.82) is 0 Å². The molecule has 0 bridgehead atoms. The van der Waals surface area contributed by atoms with Crippen molar-refractivity contribution >= 4 is 39.9 Å². The second-order valence-electron chi connectivity index (χ2n) is 5.15. The Morgan fingerprint density at radius 1 is 1.30 bits per heavy atom. The fraction of sp³-hybridized carbons (Fsp3) is 0.312. The molecule has 0 saturated heterocycles. The van der Waals surface area contributed by atoms with E-state index in [1.165, 1.54) is 6.08 Å². The monoisotopic (exact) mass is 382 g/mol. The zero-order valence-corrected chi connectivity index (χ0v) is 14.6. The van der Waals surface area contributed by atoms with Crippen LogP contribution in [0.4, 0.5) is 4.79 Å². The van der Waals surface area contributed by atoms with Crippen molar-refractivity contribution < 1.29 is 19.1 Å². The molecule has 7 heteroatoms. The van der Waals surface area contributed by atoms with Crippen LogP contribution in [-0.2, 0) is 14.3 Å². The third-order valence-corrected chi connectivity index (χ3v) is 3.02. The molecule has 0 aliphatic heterocycles. The summed E-state index contributed by atoms with van der Waals surface area (Å²) in [6, 6.07) is 6.74. The molecule has 1 rings (SSSR count). The molecule has 0 atom stereocenters. The van der Waals surface area contributed by atoms with Crippen LogP contribution in [0.3, 0.4) is 0 Å². The number of amides is 3. The molecule has 0 aliphatic carbocycles. The maximum atomic E-state index is 11.5. The normalized spacial score (nSPS) is 10.6. The average Bonchev–Trinajstić information content (AvgIpc) is 2.49. The fourth-order valence-electron chi connectivity index (χ4n) is 1.46. The summed E-state index contributed by atoms with van der Waals surface area (Å²) in [5.41, 5.74) is 0.814. The summed E-state index contributed by atoms with van der Waals surface area (Å²) in [5, 5.41) is 4.60. The second kappa shape index (κ2) is 9.78. The van der Waals surface area contributed by atoms with Crippen LogP contribution in [-0.4, -0.2) is 31.1 Å². The number of halogens is 1. The molecule has 1 aromatic rings. The zero-order chi connectivity index (χ0) is 17.2. The Hall–Kier alpha value is -2.15. The van der Waals surface area contributed by atoms with Crippen LogP contribution in [0.15, 0.2) is 34.8 Å². The van der Waals surface area contributed by atoms with E-state index in [2.05, 4.69) is 26.6 Å². The van der Waals surface area contributed by atoms with Gasteiger partial charge in [-0.1, -0.05) is 41.9 Å². The summed E-state index contributed by atoms with van der Waals surface area (Å²) in [6.07, 6.45) is 2.79. The van der Waals surface area contributed by atoms with Crippen LogP contribution >= 0.6 is 15.9 Å². The van der Waals surface area contributed by atoms with Crippen LogP contribution in [0.5, 0.6) is 0 Å². The minimum atomic E-state index is -0.685. The van der Waals surface area contributed by atoms with Crippen LogP contribution < -0.4 is 10.6 Å². The van der Waals surface area contributed by atoms with Crippen molar-refractivity contribution in [3.05, 3.63) is 40.4 Å². The number of imide groups is 1. The van der Waals surface area contributed by atoms with Crippen molar-refractivity contribution in [2.24, 2.45) is 5.92 Å². The summed E-state index contributed by atoms with van der Waals surface area (Å²) in [4.78, 5) is 34.3. The number of rotatable bonds is 6. The standard InChI is InChI=1S/C16H19BrN2O4/c1-11(2)9-18-16(22)19-14(20)10-23-15(21)7-6-12-4-3-5-13(17)8-12/h3-8,11H,9-10H2,1-2H3,(H2,18,19,20,22)/b7-6+. The van der Waals surface area contributed by atoms with Crippen LogP contribution in [0, 0.1) is 5.92 Å². The number of nitrogens with one attached hydrogen (secondary N) is 2. The first kappa shape index (κ1) is 18.9. The van der Waals surface area contributed by atoms with Gasteiger partial charge in [0.15, 0.2) is 6.61 Å². The van der Waals surface area contributed by atoms with E-state index in [-0.39, 0.29) is 5.92 Å². The topological polar surface area (TPSA) is 84.5 Å². The molecule has 0 spiro atoms. The first-order valence-corrected chi connectivity index (χ1v) is 7.84. The van der Waals surface area contributed by atoms with Gasteiger partial charge in [0.25, 0.3) is 5.91 Å². The largest absolute Gasteiger partial charge is 0.452 e. The maximum Gasteiger partial charge on any atom is 0.331 e. The van der Waals surface area contributed by atoms with Gasteiger partial charge in [-0.3, -0.25) is 10.1 Å². The van der Waals surface area contributed by atoms with Gasteiger partial charge in [-0.2, -0.15) is 0 Å². The lowest BCUT2D eigenvalue weighted by molar-refractivity contribution is -0.143. The lowest BCUT2D eigenvalue weighted by Gasteiger charge is -2.08. The second-order valence-corrected chi connectivity index (χ2v) is 6.06. The Kier molecular flexibility index (Phi) is 8.04. The van der Waals surface area contributed by atoms with E-state index in [1.807, 2.05) is 38.1 Å². The Balaban J connectivity index is 2.32.